The van der Waals surface area contributed by atoms with Crippen LogP contribution in [0.5, 0.6) is 0 Å². The van der Waals surface area contributed by atoms with E-state index in [9.17, 15) is 0 Å². The maximum Gasteiger partial charge on any atom is 0.213 e. The van der Waals surface area contributed by atoms with Crippen molar-refractivity contribution in [3.05, 3.63) is 65.9 Å². The van der Waals surface area contributed by atoms with Crippen LogP contribution in [0.1, 0.15) is 77.8 Å². The van der Waals surface area contributed by atoms with Gasteiger partial charge < -0.3 is 0 Å². The highest BCUT2D eigenvalue weighted by Crippen LogP contribution is 2.53. The van der Waals surface area contributed by atoms with Crippen molar-refractivity contribution in [1.82, 2.24) is 0 Å². The first-order valence-electron chi connectivity index (χ1n) is 11.6. The predicted octanol–water partition coefficient (Wildman–Crippen LogP) is 7.33. The van der Waals surface area contributed by atoms with E-state index >= 15 is 0 Å². The fraction of sp³-hybridized carbons (Fsp3) is 0.464. The molecular weight excluding hydrogens is 350 g/mol. The second-order valence-corrected chi connectivity index (χ2v) is 8.98. The lowest BCUT2D eigenvalue weighted by Crippen LogP contribution is -2.68. The molecule has 1 nitrogen and oxygen atoms in total. The molecular formula is C28H36N+. The van der Waals surface area contributed by atoms with Gasteiger partial charge in [-0.25, -0.2) is 0 Å². The van der Waals surface area contributed by atoms with Gasteiger partial charge in [-0.3, -0.25) is 0 Å². The second-order valence-electron chi connectivity index (χ2n) is 8.98. The monoisotopic (exact) mass is 386 g/mol. The molecule has 0 saturated carbocycles. The van der Waals surface area contributed by atoms with Gasteiger partial charge in [0.15, 0.2) is 11.7 Å². The zero-order chi connectivity index (χ0) is 20.6. The van der Waals surface area contributed by atoms with Crippen molar-refractivity contribution in [2.24, 2.45) is 0 Å². The summed E-state index contributed by atoms with van der Waals surface area (Å²) < 4.78 is 2.60. The summed E-state index contributed by atoms with van der Waals surface area (Å²) in [6, 6.07) is 18.6. The van der Waals surface area contributed by atoms with Gasteiger partial charge in [-0.05, 0) is 53.6 Å². The third-order valence-electron chi connectivity index (χ3n) is 8.04. The lowest BCUT2D eigenvalue weighted by atomic mass is 9.58. The molecule has 2 aromatic carbocycles. The molecule has 0 radical (unpaired) electrons. The third kappa shape index (κ3) is 2.70. The van der Waals surface area contributed by atoms with Gasteiger partial charge in [0.2, 0.25) is 5.69 Å². The van der Waals surface area contributed by atoms with Crippen LogP contribution in [-0.4, -0.2) is 0 Å². The van der Waals surface area contributed by atoms with E-state index in [4.69, 9.17) is 0 Å². The van der Waals surface area contributed by atoms with Crippen LogP contribution in [0.3, 0.4) is 0 Å². The van der Waals surface area contributed by atoms with Crippen molar-refractivity contribution in [3.8, 4) is 11.3 Å². The van der Waals surface area contributed by atoms with Gasteiger partial charge in [-0.1, -0.05) is 64.4 Å². The minimum Gasteiger partial charge on any atom is -0.192 e. The number of hydrogen-bond acceptors (Lipinski definition) is 0. The number of aromatic nitrogens is 1. The average molecular weight is 387 g/mol. The fourth-order valence-electron chi connectivity index (χ4n) is 6.18. The molecule has 0 bridgehead atoms. The maximum absolute atomic E-state index is 2.60. The molecule has 0 fully saturated rings. The molecule has 0 N–H and O–H groups in total. The SMILES string of the molecule is CCCCc1cccc2c3c(ccc12)C(CC)(CC)C(C)(CC)[n+]1ccccc1-3. The van der Waals surface area contributed by atoms with E-state index in [2.05, 4.69) is 93.9 Å². The molecule has 0 spiro atoms. The molecule has 4 rings (SSSR count). The Labute approximate surface area is 176 Å². The molecule has 1 atom stereocenters. The Morgan fingerprint density at radius 1 is 0.793 bits per heavy atom. The Bertz CT molecular complexity index is 1030. The van der Waals surface area contributed by atoms with Gasteiger partial charge in [0.1, 0.15) is 0 Å². The summed E-state index contributed by atoms with van der Waals surface area (Å²) in [7, 11) is 0. The third-order valence-corrected chi connectivity index (χ3v) is 8.04. The lowest BCUT2D eigenvalue weighted by Gasteiger charge is -2.48. The normalized spacial score (nSPS) is 19.8. The fourth-order valence-corrected chi connectivity index (χ4v) is 6.18. The van der Waals surface area contributed by atoms with Gasteiger partial charge in [0.05, 0.1) is 11.0 Å². The standard InChI is InChI=1S/C28H36N/c1-6-10-14-21-15-13-16-23-22(21)18-19-24-26(23)25-17-11-12-20-29(25)27(5,7-2)28(24,8-3)9-4/h11-13,15-20H,6-10,14H2,1-5H3/q+1. The van der Waals surface area contributed by atoms with Gasteiger partial charge in [-0.2, -0.15) is 4.57 Å². The highest BCUT2D eigenvalue weighted by atomic mass is 15.1. The molecule has 29 heavy (non-hydrogen) atoms. The summed E-state index contributed by atoms with van der Waals surface area (Å²) in [5, 5.41) is 2.87. The topological polar surface area (TPSA) is 3.88 Å². The first-order chi connectivity index (χ1) is 14.1. The van der Waals surface area contributed by atoms with Crippen LogP contribution in [-0.2, 0) is 17.4 Å². The number of hydrogen-bond donors (Lipinski definition) is 0. The number of rotatable bonds is 6. The molecule has 152 valence electrons. The molecule has 0 saturated heterocycles. The Morgan fingerprint density at radius 3 is 2.28 bits per heavy atom. The first kappa shape index (κ1) is 20.1. The lowest BCUT2D eigenvalue weighted by molar-refractivity contribution is -0.765. The van der Waals surface area contributed by atoms with E-state index < -0.39 is 0 Å². The molecule has 0 aliphatic carbocycles. The molecule has 2 heterocycles. The Kier molecular flexibility index (Phi) is 5.27. The maximum atomic E-state index is 2.60. The number of benzene rings is 2. The Hall–Kier alpha value is -2.15. The zero-order valence-corrected chi connectivity index (χ0v) is 18.9. The van der Waals surface area contributed by atoms with E-state index in [1.54, 1.807) is 5.56 Å². The van der Waals surface area contributed by atoms with Crippen LogP contribution in [0.4, 0.5) is 0 Å². The summed E-state index contributed by atoms with van der Waals surface area (Å²) in [5.41, 5.74) is 6.12. The van der Waals surface area contributed by atoms with Gasteiger partial charge in [0, 0.05) is 25.5 Å². The van der Waals surface area contributed by atoms with Gasteiger partial charge in [0.25, 0.3) is 0 Å². The number of fused-ring (bicyclic) bond motifs is 5. The van der Waals surface area contributed by atoms with Crippen LogP contribution in [0, 0.1) is 0 Å². The van der Waals surface area contributed by atoms with Gasteiger partial charge >= 0.3 is 0 Å². The Morgan fingerprint density at radius 2 is 1.59 bits per heavy atom. The van der Waals surface area contributed by atoms with E-state index in [0.717, 1.165) is 19.3 Å². The summed E-state index contributed by atoms with van der Waals surface area (Å²) in [5.74, 6) is 0. The quantitative estimate of drug-likeness (QED) is 0.390. The molecule has 1 aliphatic heterocycles. The van der Waals surface area contributed by atoms with Crippen molar-refractivity contribution in [1.29, 1.82) is 0 Å². The van der Waals surface area contributed by atoms with Crippen LogP contribution in [0.2, 0.25) is 0 Å². The van der Waals surface area contributed by atoms with E-state index in [1.165, 1.54) is 46.9 Å². The van der Waals surface area contributed by atoms with Crippen molar-refractivity contribution >= 4 is 10.8 Å². The number of aryl methyl sites for hydroxylation is 1. The first-order valence-corrected chi connectivity index (χ1v) is 11.6. The molecule has 1 heteroatoms. The largest absolute Gasteiger partial charge is 0.213 e. The van der Waals surface area contributed by atoms with Crippen molar-refractivity contribution in [2.75, 3.05) is 0 Å². The van der Waals surface area contributed by atoms with Crippen LogP contribution in [0.15, 0.2) is 54.7 Å². The summed E-state index contributed by atoms with van der Waals surface area (Å²) >= 11 is 0. The van der Waals surface area contributed by atoms with Crippen LogP contribution >= 0.6 is 0 Å². The number of unbranched alkanes of at least 4 members (excludes halogenated alkanes) is 1. The minimum absolute atomic E-state index is 0.0770. The molecule has 3 aromatic rings. The highest BCUT2D eigenvalue weighted by Gasteiger charge is 2.58. The van der Waals surface area contributed by atoms with Crippen molar-refractivity contribution in [3.63, 3.8) is 0 Å². The predicted molar refractivity (Wildman–Crippen MR) is 124 cm³/mol. The summed E-state index contributed by atoms with van der Waals surface area (Å²) in [4.78, 5) is 0. The van der Waals surface area contributed by atoms with E-state index in [-0.39, 0.29) is 11.0 Å². The number of pyridine rings is 1. The van der Waals surface area contributed by atoms with Gasteiger partial charge in [-0.15, -0.1) is 0 Å². The smallest absolute Gasteiger partial charge is 0.192 e. The summed E-state index contributed by atoms with van der Waals surface area (Å²) in [6.45, 7) is 11.9. The number of nitrogens with zero attached hydrogens (tertiary/aromatic N) is 1. The Balaban J connectivity index is 2.12. The second kappa shape index (κ2) is 7.59. The zero-order valence-electron chi connectivity index (χ0n) is 18.9. The molecule has 0 amide bonds. The van der Waals surface area contributed by atoms with Crippen LogP contribution in [0.25, 0.3) is 22.0 Å². The summed E-state index contributed by atoms with van der Waals surface area (Å²) in [6.07, 6.45) is 9.42. The molecule has 1 aromatic heterocycles. The van der Waals surface area contributed by atoms with Crippen molar-refractivity contribution < 1.29 is 4.57 Å². The van der Waals surface area contributed by atoms with E-state index in [1.807, 2.05) is 0 Å². The minimum atomic E-state index is 0.0770. The van der Waals surface area contributed by atoms with E-state index in [0.29, 0.717) is 0 Å². The van der Waals surface area contributed by atoms with Crippen molar-refractivity contribution in [2.45, 2.75) is 84.1 Å². The molecule has 1 aliphatic rings. The highest BCUT2D eigenvalue weighted by molar-refractivity contribution is 5.99. The average Bonchev–Trinajstić information content (AvgIpc) is 2.78. The van der Waals surface area contributed by atoms with Crippen LogP contribution < -0.4 is 4.57 Å². The molecule has 1 unspecified atom stereocenters.